The third kappa shape index (κ3) is 7.61. The van der Waals surface area contributed by atoms with Gasteiger partial charge in [0, 0.05) is 49.0 Å². The Hall–Kier alpha value is -3.36. The highest BCUT2D eigenvalue weighted by molar-refractivity contribution is 7.98. The minimum Gasteiger partial charge on any atom is -0.356 e. The molecular formula is C31H36FN5OS. The van der Waals surface area contributed by atoms with Crippen LogP contribution < -0.4 is 5.32 Å². The zero-order valence-electron chi connectivity index (χ0n) is 22.2. The molecule has 1 saturated heterocycles. The van der Waals surface area contributed by atoms with Crippen molar-refractivity contribution < 1.29 is 9.18 Å². The first-order valence-electron chi connectivity index (χ1n) is 13.7. The molecule has 5 rings (SSSR count). The van der Waals surface area contributed by atoms with Crippen LogP contribution >= 0.6 is 11.8 Å². The number of hydrogen-bond acceptors (Lipinski definition) is 4. The number of nitrogens with one attached hydrogen (secondary N) is 1. The van der Waals surface area contributed by atoms with E-state index in [1.165, 1.54) is 17.7 Å². The van der Waals surface area contributed by atoms with Crippen LogP contribution in [0.2, 0.25) is 0 Å². The number of piperidine rings is 1. The van der Waals surface area contributed by atoms with E-state index < -0.39 is 0 Å². The van der Waals surface area contributed by atoms with Gasteiger partial charge in [-0.1, -0.05) is 30.3 Å². The topological polar surface area (TPSA) is 55.1 Å². The van der Waals surface area contributed by atoms with Gasteiger partial charge < -0.3 is 14.8 Å². The van der Waals surface area contributed by atoms with Gasteiger partial charge in [0.15, 0.2) is 0 Å². The van der Waals surface area contributed by atoms with Gasteiger partial charge in [0.05, 0.1) is 11.9 Å². The summed E-state index contributed by atoms with van der Waals surface area (Å²) in [5.74, 6) is 3.09. The number of benzene rings is 2. The average molecular weight is 546 g/mol. The van der Waals surface area contributed by atoms with Crippen molar-refractivity contribution in [3.8, 4) is 11.5 Å². The summed E-state index contributed by atoms with van der Waals surface area (Å²) in [7, 11) is 0. The van der Waals surface area contributed by atoms with Crippen molar-refractivity contribution in [3.63, 3.8) is 0 Å². The predicted molar refractivity (Wildman–Crippen MR) is 156 cm³/mol. The molecule has 1 fully saturated rings. The van der Waals surface area contributed by atoms with Crippen molar-refractivity contribution in [1.82, 2.24) is 24.6 Å². The van der Waals surface area contributed by atoms with Gasteiger partial charge >= 0.3 is 0 Å². The smallest absolute Gasteiger partial charge is 0.220 e. The molecule has 0 aliphatic carbocycles. The lowest BCUT2D eigenvalue weighted by Gasteiger charge is -2.32. The summed E-state index contributed by atoms with van der Waals surface area (Å²) in [5.41, 5.74) is 3.34. The summed E-state index contributed by atoms with van der Waals surface area (Å²) in [6.45, 7) is 3.87. The largest absolute Gasteiger partial charge is 0.356 e. The van der Waals surface area contributed by atoms with E-state index in [-0.39, 0.29) is 11.7 Å². The predicted octanol–water partition coefficient (Wildman–Crippen LogP) is 5.50. The van der Waals surface area contributed by atoms with Crippen molar-refractivity contribution in [3.05, 3.63) is 102 Å². The highest BCUT2D eigenvalue weighted by Crippen LogP contribution is 2.24. The van der Waals surface area contributed by atoms with E-state index in [0.717, 1.165) is 74.0 Å². The molecule has 0 atom stereocenters. The first-order chi connectivity index (χ1) is 19.2. The van der Waals surface area contributed by atoms with Gasteiger partial charge in [-0.3, -0.25) is 4.79 Å². The van der Waals surface area contributed by atoms with E-state index >= 15 is 0 Å². The normalized spacial score (nSPS) is 14.5. The molecule has 39 heavy (non-hydrogen) atoms. The molecule has 0 radical (unpaired) electrons. The number of hydrogen-bond donors (Lipinski definition) is 1. The molecule has 1 N–H and O–H groups in total. The molecule has 1 aliphatic rings. The van der Waals surface area contributed by atoms with Gasteiger partial charge in [0.1, 0.15) is 11.6 Å². The number of likely N-dealkylation sites (tertiary alicyclic amines) is 1. The summed E-state index contributed by atoms with van der Waals surface area (Å²) in [4.78, 5) is 15.0. The van der Waals surface area contributed by atoms with Crippen LogP contribution in [0.5, 0.6) is 0 Å². The maximum atomic E-state index is 13.1. The van der Waals surface area contributed by atoms with Crippen molar-refractivity contribution in [1.29, 1.82) is 0 Å². The maximum Gasteiger partial charge on any atom is 0.220 e. The Morgan fingerprint density at radius 1 is 1.00 bits per heavy atom. The van der Waals surface area contributed by atoms with Crippen LogP contribution in [0.3, 0.4) is 0 Å². The van der Waals surface area contributed by atoms with E-state index in [2.05, 4.69) is 32.0 Å². The minimum atomic E-state index is -0.182. The fraction of sp³-hybridized carbons (Fsp3) is 0.355. The number of carbonyl (C=O) groups excluding carboxylic acids is 1. The Kier molecular flexibility index (Phi) is 9.51. The van der Waals surface area contributed by atoms with E-state index in [1.807, 2.05) is 65.7 Å². The fourth-order valence-electron chi connectivity index (χ4n) is 5.03. The van der Waals surface area contributed by atoms with Crippen LogP contribution in [0.15, 0.2) is 85.3 Å². The Labute approximate surface area is 234 Å². The lowest BCUT2D eigenvalue weighted by Crippen LogP contribution is -2.39. The number of aromatic nitrogens is 3. The first-order valence-corrected chi connectivity index (χ1v) is 14.9. The van der Waals surface area contributed by atoms with Gasteiger partial charge in [-0.05, 0) is 80.2 Å². The summed E-state index contributed by atoms with van der Waals surface area (Å²) in [5, 5.41) is 7.82. The van der Waals surface area contributed by atoms with E-state index in [0.29, 0.717) is 12.3 Å². The van der Waals surface area contributed by atoms with Crippen LogP contribution in [0.1, 0.15) is 30.4 Å². The molecule has 8 heteroatoms. The highest BCUT2D eigenvalue weighted by atomic mass is 32.2. The van der Waals surface area contributed by atoms with Crippen LogP contribution in [-0.2, 0) is 17.0 Å². The van der Waals surface area contributed by atoms with Crippen LogP contribution in [0, 0.1) is 11.7 Å². The standard InChI is InChI=1S/C31H36FN5OS/c32-28-10-8-25(9-11-28)12-18-35-19-13-26(14-20-35)22-33-30(38)15-21-39-24-27-23-34-37(29-6-2-1-3-7-29)31(27)36-16-4-5-17-36/h1-11,16-17,23,26H,12-15,18-22,24H2,(H,33,38). The number of rotatable bonds is 12. The molecule has 204 valence electrons. The number of nitrogens with zero attached hydrogens (tertiary/aromatic N) is 4. The van der Waals surface area contributed by atoms with E-state index in [9.17, 15) is 9.18 Å². The second-order valence-electron chi connectivity index (χ2n) is 10.1. The van der Waals surface area contributed by atoms with Crippen molar-refractivity contribution >= 4 is 17.7 Å². The zero-order chi connectivity index (χ0) is 26.9. The number of amides is 1. The van der Waals surface area contributed by atoms with Gasteiger partial charge in [-0.25, -0.2) is 9.07 Å². The molecule has 6 nitrogen and oxygen atoms in total. The molecule has 3 heterocycles. The lowest BCUT2D eigenvalue weighted by atomic mass is 9.96. The summed E-state index contributed by atoms with van der Waals surface area (Å²) < 4.78 is 17.1. The minimum absolute atomic E-state index is 0.131. The molecular weight excluding hydrogens is 509 g/mol. The Morgan fingerprint density at radius 2 is 1.74 bits per heavy atom. The van der Waals surface area contributed by atoms with Crippen LogP contribution in [0.4, 0.5) is 4.39 Å². The Balaban J connectivity index is 1.01. The van der Waals surface area contributed by atoms with Crippen molar-refractivity contribution in [2.45, 2.75) is 31.4 Å². The molecule has 0 unspecified atom stereocenters. The molecule has 1 amide bonds. The molecule has 0 bridgehead atoms. The summed E-state index contributed by atoms with van der Waals surface area (Å²) >= 11 is 1.77. The lowest BCUT2D eigenvalue weighted by molar-refractivity contribution is -0.120. The maximum absolute atomic E-state index is 13.1. The monoisotopic (exact) mass is 545 g/mol. The zero-order valence-corrected chi connectivity index (χ0v) is 23.0. The third-order valence-corrected chi connectivity index (χ3v) is 8.33. The summed E-state index contributed by atoms with van der Waals surface area (Å²) in [6, 6.07) is 21.0. The fourth-order valence-corrected chi connectivity index (χ4v) is 5.93. The van der Waals surface area contributed by atoms with E-state index in [4.69, 9.17) is 0 Å². The molecule has 4 aromatic rings. The average Bonchev–Trinajstić information content (AvgIpc) is 3.65. The van der Waals surface area contributed by atoms with Gasteiger partial charge in [0.25, 0.3) is 0 Å². The molecule has 2 aromatic heterocycles. The first kappa shape index (κ1) is 27.2. The molecule has 2 aromatic carbocycles. The number of halogens is 1. The van der Waals surface area contributed by atoms with E-state index in [1.54, 1.807) is 11.8 Å². The van der Waals surface area contributed by atoms with Gasteiger partial charge in [-0.15, -0.1) is 0 Å². The second-order valence-corrected chi connectivity index (χ2v) is 11.2. The quantitative estimate of drug-likeness (QED) is 0.239. The third-order valence-electron chi connectivity index (χ3n) is 7.32. The number of para-hydroxylation sites is 1. The SMILES string of the molecule is O=C(CCSCc1cnn(-c2ccccc2)c1-n1cccc1)NCC1CCN(CCc2ccc(F)cc2)CC1. The Bertz CT molecular complexity index is 1300. The van der Waals surface area contributed by atoms with Crippen molar-refractivity contribution in [2.75, 3.05) is 31.9 Å². The highest BCUT2D eigenvalue weighted by Gasteiger charge is 2.20. The van der Waals surface area contributed by atoms with Crippen LogP contribution in [0.25, 0.3) is 11.5 Å². The van der Waals surface area contributed by atoms with Crippen molar-refractivity contribution in [2.24, 2.45) is 5.92 Å². The van der Waals surface area contributed by atoms with Gasteiger partial charge in [-0.2, -0.15) is 16.9 Å². The second kappa shape index (κ2) is 13.6. The molecule has 1 aliphatic heterocycles. The molecule has 0 spiro atoms. The summed E-state index contributed by atoms with van der Waals surface area (Å²) in [6.07, 6.45) is 9.67. The van der Waals surface area contributed by atoms with Crippen LogP contribution in [-0.4, -0.2) is 57.1 Å². The van der Waals surface area contributed by atoms with Gasteiger partial charge in [0.2, 0.25) is 5.91 Å². The number of thioether (sulfide) groups is 1. The number of carbonyl (C=O) groups is 1. The Morgan fingerprint density at radius 3 is 2.49 bits per heavy atom. The molecule has 0 saturated carbocycles.